The lowest BCUT2D eigenvalue weighted by Gasteiger charge is -2.46. The van der Waals surface area contributed by atoms with Gasteiger partial charge < -0.3 is 14.4 Å². The van der Waals surface area contributed by atoms with Crippen molar-refractivity contribution in [1.82, 2.24) is 14.5 Å². The van der Waals surface area contributed by atoms with E-state index in [9.17, 15) is 0 Å². The third-order valence-corrected chi connectivity index (χ3v) is 18.6. The number of fused-ring (bicyclic) bond motifs is 7. The van der Waals surface area contributed by atoms with Gasteiger partial charge in [-0.15, -0.1) is 0 Å². The van der Waals surface area contributed by atoms with Crippen LogP contribution < -0.4 is 26.2 Å². The molecule has 14 aromatic rings. The van der Waals surface area contributed by atoms with Crippen LogP contribution in [0, 0.1) is 0 Å². The van der Waals surface area contributed by atoms with Gasteiger partial charge >= 0.3 is 0 Å². The maximum Gasteiger partial charge on any atom is 0.252 e. The monoisotopic (exact) mass is 1160 g/mol. The molecule has 3 aromatic heterocycles. The first-order valence-electron chi connectivity index (χ1n) is 31.4. The highest BCUT2D eigenvalue weighted by Crippen LogP contribution is 2.54. The predicted molar refractivity (Wildman–Crippen MR) is 380 cm³/mol. The van der Waals surface area contributed by atoms with Crippen LogP contribution in [-0.2, 0) is 10.8 Å². The van der Waals surface area contributed by atoms with E-state index in [1.807, 2.05) is 0 Å². The minimum Gasteiger partial charge on any atom is -0.310 e. The highest BCUT2D eigenvalue weighted by atomic mass is 15.2. The van der Waals surface area contributed by atoms with Crippen LogP contribution in [0.15, 0.2) is 292 Å². The first-order valence-corrected chi connectivity index (χ1v) is 31.4. The molecule has 0 atom stereocenters. The molecule has 2 aliphatic heterocycles. The van der Waals surface area contributed by atoms with Gasteiger partial charge in [-0.1, -0.05) is 260 Å². The molecule has 5 nitrogen and oxygen atoms in total. The van der Waals surface area contributed by atoms with Crippen molar-refractivity contribution in [2.75, 3.05) is 9.80 Å². The number of aromatic nitrogens is 3. The van der Waals surface area contributed by atoms with Gasteiger partial charge in [0.2, 0.25) is 0 Å². The number of anilines is 6. The van der Waals surface area contributed by atoms with E-state index in [-0.39, 0.29) is 17.5 Å². The third kappa shape index (κ3) is 9.16. The van der Waals surface area contributed by atoms with Crippen LogP contribution >= 0.6 is 0 Å². The van der Waals surface area contributed by atoms with E-state index in [0.29, 0.717) is 0 Å². The second kappa shape index (κ2) is 21.5. The van der Waals surface area contributed by atoms with Crippen LogP contribution in [0.2, 0.25) is 0 Å². The molecule has 0 N–H and O–H groups in total. The van der Waals surface area contributed by atoms with E-state index in [1.54, 1.807) is 0 Å². The smallest absolute Gasteiger partial charge is 0.252 e. The maximum absolute atomic E-state index is 5.15. The Kier molecular flexibility index (Phi) is 13.0. The van der Waals surface area contributed by atoms with Gasteiger partial charge in [0.05, 0.1) is 28.1 Å². The topological polar surface area (TPSA) is 37.2 Å². The molecule has 90 heavy (non-hydrogen) atoms. The Hall–Kier alpha value is -10.8. The minimum atomic E-state index is -0.220. The molecule has 0 amide bonds. The molecular weight excluding hydrogens is 1090 g/mol. The van der Waals surface area contributed by atoms with Crippen molar-refractivity contribution in [3.05, 3.63) is 303 Å². The molecule has 2 aliphatic rings. The van der Waals surface area contributed by atoms with Crippen molar-refractivity contribution < 1.29 is 0 Å². The van der Waals surface area contributed by atoms with Gasteiger partial charge in [-0.25, -0.2) is 0 Å². The number of pyridine rings is 2. The normalized spacial score (nSPS) is 12.7. The fourth-order valence-electron chi connectivity index (χ4n) is 14.1. The largest absolute Gasteiger partial charge is 0.310 e. The van der Waals surface area contributed by atoms with E-state index in [4.69, 9.17) is 9.97 Å². The summed E-state index contributed by atoms with van der Waals surface area (Å²) in [6.07, 6.45) is 8.31. The Bertz CT molecular complexity index is 4640. The van der Waals surface area contributed by atoms with Gasteiger partial charge in [-0.2, -0.15) is 0 Å². The van der Waals surface area contributed by atoms with E-state index >= 15 is 0 Å². The fraction of sp³-hybridized carbons (Fsp3) is 0.0952. The summed E-state index contributed by atoms with van der Waals surface area (Å²) >= 11 is 0. The Morgan fingerprint density at radius 1 is 0.300 bits per heavy atom. The highest BCUT2D eigenvalue weighted by Gasteiger charge is 2.46. The van der Waals surface area contributed by atoms with Crippen LogP contribution in [0.1, 0.15) is 52.7 Å². The molecule has 0 radical (unpaired) electrons. The summed E-state index contributed by atoms with van der Waals surface area (Å²) in [6, 6.07) is 99.0. The van der Waals surface area contributed by atoms with E-state index < -0.39 is 0 Å². The number of hydrogen-bond acceptors (Lipinski definition) is 4. The molecule has 0 saturated carbocycles. The Morgan fingerprint density at radius 2 is 0.622 bits per heavy atom. The Balaban J connectivity index is 1.12. The summed E-state index contributed by atoms with van der Waals surface area (Å²) in [6.45, 7) is 13.7. The molecule has 0 aliphatic carbocycles. The molecule has 0 saturated heterocycles. The fourth-order valence-corrected chi connectivity index (χ4v) is 14.1. The average molecular weight is 1160 g/mol. The first kappa shape index (κ1) is 54.6. The number of benzene rings is 11. The molecular formula is C84H66BN5. The second-order valence-corrected chi connectivity index (χ2v) is 26.2. The molecule has 0 unspecified atom stereocenters. The van der Waals surface area contributed by atoms with Crippen molar-refractivity contribution in [1.29, 1.82) is 0 Å². The summed E-state index contributed by atoms with van der Waals surface area (Å²) in [5.41, 5.74) is 28.9. The van der Waals surface area contributed by atoms with Gasteiger partial charge in [0.25, 0.3) is 6.71 Å². The summed E-state index contributed by atoms with van der Waals surface area (Å²) in [4.78, 5) is 15.6. The second-order valence-electron chi connectivity index (χ2n) is 26.2. The molecule has 0 fully saturated rings. The van der Waals surface area contributed by atoms with Gasteiger partial charge in [-0.3, -0.25) is 9.97 Å². The van der Waals surface area contributed by atoms with E-state index in [0.717, 1.165) is 118 Å². The minimum absolute atomic E-state index is 0.0802. The van der Waals surface area contributed by atoms with Crippen molar-refractivity contribution in [3.63, 3.8) is 0 Å². The van der Waals surface area contributed by atoms with Crippen molar-refractivity contribution in [2.24, 2.45) is 0 Å². The summed E-state index contributed by atoms with van der Waals surface area (Å²) in [5.74, 6) is 0. The van der Waals surface area contributed by atoms with Gasteiger partial charge in [0.15, 0.2) is 0 Å². The Morgan fingerprint density at radius 3 is 0.944 bits per heavy atom. The van der Waals surface area contributed by atoms with Crippen molar-refractivity contribution in [2.45, 2.75) is 52.4 Å². The van der Waals surface area contributed by atoms with Crippen molar-refractivity contribution in [3.8, 4) is 72.4 Å². The molecule has 430 valence electrons. The van der Waals surface area contributed by atoms with Crippen LogP contribution in [0.25, 0.3) is 94.3 Å². The van der Waals surface area contributed by atoms with Crippen molar-refractivity contribution >= 4 is 79.0 Å². The lowest BCUT2D eigenvalue weighted by Crippen LogP contribution is -2.61. The lowest BCUT2D eigenvalue weighted by molar-refractivity contribution is 0.590. The zero-order chi connectivity index (χ0) is 60.8. The van der Waals surface area contributed by atoms with E-state index in [2.05, 4.69) is 348 Å². The predicted octanol–water partition coefficient (Wildman–Crippen LogP) is 20.3. The quantitative estimate of drug-likeness (QED) is 0.135. The van der Waals surface area contributed by atoms with Gasteiger partial charge in [-0.05, 0) is 131 Å². The highest BCUT2D eigenvalue weighted by molar-refractivity contribution is 7.00. The van der Waals surface area contributed by atoms with Crippen LogP contribution in [0.5, 0.6) is 0 Å². The number of nitrogens with zero attached hydrogens (tertiary/aromatic N) is 5. The third-order valence-electron chi connectivity index (χ3n) is 18.6. The van der Waals surface area contributed by atoms with Gasteiger partial charge in [0.1, 0.15) is 0 Å². The zero-order valence-corrected chi connectivity index (χ0v) is 51.5. The maximum atomic E-state index is 5.15. The van der Waals surface area contributed by atoms with E-state index in [1.165, 1.54) is 38.3 Å². The Labute approximate surface area is 528 Å². The number of rotatable bonds is 9. The lowest BCUT2D eigenvalue weighted by atomic mass is 9.33. The zero-order valence-electron chi connectivity index (χ0n) is 51.5. The summed E-state index contributed by atoms with van der Waals surface area (Å²) in [5, 5.41) is 2.46. The summed E-state index contributed by atoms with van der Waals surface area (Å²) in [7, 11) is 0. The van der Waals surface area contributed by atoms with Gasteiger partial charge in [0, 0.05) is 80.6 Å². The molecule has 16 rings (SSSR count). The standard InChI is InChI=1S/C84H66BN5/c1-83(2,3)63-39-43-74-66(47-63)67-48-64(84(4,5)6)40-44-75(67)88(74)65-49-78-80-79(50-65)90(82-70(59-33-21-11-22-34-59)53-87-54-71(82)60-35-23-12-24-36-60)77-46-62(56-27-15-8-16-28-56)38-42-73(77)85(80)72-41-37-61(55-25-13-7-14-26-55)45-76(72)89(78)81-68(57-29-17-9-18-30-57)51-86-52-69(81)58-31-19-10-20-32-58/h7-54H,1-6H3. The molecule has 0 bridgehead atoms. The first-order chi connectivity index (χ1) is 43.9. The molecule has 11 aromatic carbocycles. The van der Waals surface area contributed by atoms with Crippen LogP contribution in [-0.4, -0.2) is 21.2 Å². The SMILES string of the molecule is CC(C)(C)c1ccc2c(c1)c1cc(C(C)(C)C)ccc1n2-c1cc2c3c(c1)N(c1c(-c4ccccc4)cncc1-c1ccccc1)c1cc(-c4ccccc4)ccc1B3c1ccc(-c3ccccc3)cc1N2c1c(-c2ccccc2)cncc1-c1ccccc1. The van der Waals surface area contributed by atoms with Crippen LogP contribution in [0.3, 0.4) is 0 Å². The molecule has 6 heteroatoms. The average Bonchev–Trinajstić information content (AvgIpc) is 0.770. The molecule has 5 heterocycles. The summed E-state index contributed by atoms with van der Waals surface area (Å²) < 4.78 is 2.56. The number of hydrogen-bond donors (Lipinski definition) is 0. The molecule has 0 spiro atoms. The van der Waals surface area contributed by atoms with Crippen LogP contribution in [0.4, 0.5) is 34.1 Å².